The van der Waals surface area contributed by atoms with E-state index < -0.39 is 12.0 Å². The molecule has 112 valence electrons. The molecule has 1 atom stereocenters. The Bertz CT molecular complexity index is 639. The van der Waals surface area contributed by atoms with Crippen molar-refractivity contribution in [3.63, 3.8) is 0 Å². The van der Waals surface area contributed by atoms with Gasteiger partial charge in [-0.3, -0.25) is 0 Å². The second-order valence-electron chi connectivity index (χ2n) is 4.63. The fourth-order valence-electron chi connectivity index (χ4n) is 2.01. The molecule has 0 saturated carbocycles. The van der Waals surface area contributed by atoms with Crippen LogP contribution in [0, 0.1) is 0 Å². The number of alkyl halides is 3. The van der Waals surface area contributed by atoms with E-state index in [9.17, 15) is 18.3 Å². The van der Waals surface area contributed by atoms with Crippen LogP contribution in [0.4, 0.5) is 13.2 Å². The van der Waals surface area contributed by atoms with E-state index in [1.807, 2.05) is 0 Å². The van der Waals surface area contributed by atoms with Gasteiger partial charge in [-0.05, 0) is 30.7 Å². The van der Waals surface area contributed by atoms with E-state index >= 15 is 0 Å². The van der Waals surface area contributed by atoms with Crippen molar-refractivity contribution in [1.82, 2.24) is 0 Å². The third-order valence-electron chi connectivity index (χ3n) is 3.03. The van der Waals surface area contributed by atoms with Gasteiger partial charge in [0.15, 0.2) is 0 Å². The zero-order valence-electron chi connectivity index (χ0n) is 11.0. The molecular weight excluding hydrogens is 349 g/mol. The first-order valence-electron chi connectivity index (χ1n) is 6.04. The highest BCUT2D eigenvalue weighted by atomic mass is 79.9. The van der Waals surface area contributed by atoms with Crippen LogP contribution in [0.15, 0.2) is 53.0 Å². The number of aliphatic hydroxyl groups is 1. The van der Waals surface area contributed by atoms with Crippen LogP contribution in [0.25, 0.3) is 0 Å². The molecule has 2 aromatic carbocycles. The van der Waals surface area contributed by atoms with Crippen molar-refractivity contribution in [1.29, 1.82) is 0 Å². The second-order valence-corrected chi connectivity index (χ2v) is 5.48. The lowest BCUT2D eigenvalue weighted by Crippen LogP contribution is -2.24. The molecule has 0 heterocycles. The Morgan fingerprint density at radius 3 is 2.33 bits per heavy atom. The largest absolute Gasteiger partial charge is 0.573 e. The van der Waals surface area contributed by atoms with Gasteiger partial charge >= 0.3 is 6.36 Å². The average molecular weight is 361 g/mol. The lowest BCUT2D eigenvalue weighted by Gasteiger charge is -2.26. The van der Waals surface area contributed by atoms with Crippen molar-refractivity contribution >= 4 is 15.9 Å². The highest BCUT2D eigenvalue weighted by Crippen LogP contribution is 2.36. The van der Waals surface area contributed by atoms with Crippen molar-refractivity contribution < 1.29 is 23.0 Å². The molecule has 2 rings (SSSR count). The molecule has 2 aromatic rings. The molecule has 6 heteroatoms. The summed E-state index contributed by atoms with van der Waals surface area (Å²) in [5.41, 5.74) is -0.601. The van der Waals surface area contributed by atoms with E-state index in [-0.39, 0.29) is 5.75 Å². The van der Waals surface area contributed by atoms with Crippen LogP contribution in [-0.4, -0.2) is 11.5 Å². The zero-order valence-corrected chi connectivity index (χ0v) is 12.6. The Balaban J connectivity index is 2.41. The van der Waals surface area contributed by atoms with Crippen molar-refractivity contribution in [2.45, 2.75) is 18.9 Å². The molecule has 0 aliphatic heterocycles. The number of hydrogen-bond donors (Lipinski definition) is 1. The molecule has 0 fully saturated rings. The lowest BCUT2D eigenvalue weighted by atomic mass is 9.88. The Kier molecular flexibility index (Phi) is 4.30. The van der Waals surface area contributed by atoms with Crippen molar-refractivity contribution in [3.8, 4) is 5.75 Å². The van der Waals surface area contributed by atoms with Gasteiger partial charge in [0.05, 0.1) is 0 Å². The Morgan fingerprint density at radius 2 is 1.71 bits per heavy atom. The molecule has 0 saturated heterocycles. The number of hydrogen-bond acceptors (Lipinski definition) is 2. The first kappa shape index (κ1) is 15.9. The van der Waals surface area contributed by atoms with Gasteiger partial charge in [0.25, 0.3) is 0 Å². The minimum Gasteiger partial charge on any atom is -0.406 e. The molecular formula is C15H12BrF3O2. The summed E-state index contributed by atoms with van der Waals surface area (Å²) in [7, 11) is 0. The fraction of sp³-hybridized carbons (Fsp3) is 0.200. The standard InChI is InChI=1S/C15H12BrF3O2/c1-14(20,12-7-2-3-8-13(12)16)10-5-4-6-11(9-10)21-15(17,18)19/h2-9,20H,1H3. The summed E-state index contributed by atoms with van der Waals surface area (Å²) in [5.74, 6) is -0.368. The van der Waals surface area contributed by atoms with E-state index in [1.54, 1.807) is 30.3 Å². The van der Waals surface area contributed by atoms with Crippen LogP contribution in [0.3, 0.4) is 0 Å². The van der Waals surface area contributed by atoms with Gasteiger partial charge in [-0.1, -0.05) is 46.3 Å². The smallest absolute Gasteiger partial charge is 0.406 e. The third kappa shape index (κ3) is 3.77. The van der Waals surface area contributed by atoms with Gasteiger partial charge in [-0.25, -0.2) is 0 Å². The molecule has 0 radical (unpaired) electrons. The second kappa shape index (κ2) is 5.69. The summed E-state index contributed by atoms with van der Waals surface area (Å²) < 4.78 is 41.3. The number of halogens is 4. The van der Waals surface area contributed by atoms with Crippen LogP contribution in [0.2, 0.25) is 0 Å². The van der Waals surface area contributed by atoms with Crippen LogP contribution in [0.1, 0.15) is 18.1 Å². The maximum absolute atomic E-state index is 12.3. The normalized spacial score (nSPS) is 14.6. The summed E-state index contributed by atoms with van der Waals surface area (Å²) in [6.07, 6.45) is -4.77. The van der Waals surface area contributed by atoms with Gasteiger partial charge in [0.1, 0.15) is 11.4 Å². The van der Waals surface area contributed by atoms with Gasteiger partial charge in [0.2, 0.25) is 0 Å². The molecule has 1 N–H and O–H groups in total. The third-order valence-corrected chi connectivity index (χ3v) is 3.72. The van der Waals surface area contributed by atoms with Crippen molar-refractivity contribution in [2.24, 2.45) is 0 Å². The van der Waals surface area contributed by atoms with Crippen LogP contribution in [-0.2, 0) is 5.60 Å². The molecule has 0 amide bonds. The van der Waals surface area contributed by atoms with Gasteiger partial charge in [0, 0.05) is 10.0 Å². The summed E-state index contributed by atoms with van der Waals surface area (Å²) in [6.45, 7) is 1.51. The summed E-state index contributed by atoms with van der Waals surface area (Å²) in [5, 5.41) is 10.7. The molecule has 21 heavy (non-hydrogen) atoms. The van der Waals surface area contributed by atoms with E-state index in [0.29, 0.717) is 15.6 Å². The molecule has 1 unspecified atom stereocenters. The molecule has 0 spiro atoms. The Labute approximate surface area is 128 Å². The molecule has 0 bridgehead atoms. The van der Waals surface area contributed by atoms with E-state index in [1.165, 1.54) is 25.1 Å². The summed E-state index contributed by atoms with van der Waals surface area (Å²) >= 11 is 3.33. The quantitative estimate of drug-likeness (QED) is 0.866. The monoisotopic (exact) mass is 360 g/mol. The molecule has 0 aliphatic carbocycles. The minimum atomic E-state index is -4.77. The lowest BCUT2D eigenvalue weighted by molar-refractivity contribution is -0.274. The molecule has 0 aliphatic rings. The topological polar surface area (TPSA) is 29.5 Å². The first-order chi connectivity index (χ1) is 9.70. The predicted octanol–water partition coefficient (Wildman–Crippen LogP) is 4.60. The van der Waals surface area contributed by atoms with Gasteiger partial charge in [-0.15, -0.1) is 13.2 Å². The average Bonchev–Trinajstić information content (AvgIpc) is 2.37. The molecule has 0 aromatic heterocycles. The Hall–Kier alpha value is -1.53. The predicted molar refractivity (Wildman–Crippen MR) is 75.9 cm³/mol. The summed E-state index contributed by atoms with van der Waals surface area (Å²) in [4.78, 5) is 0. The maximum atomic E-state index is 12.3. The molecule has 2 nitrogen and oxygen atoms in total. The van der Waals surface area contributed by atoms with Gasteiger partial charge in [-0.2, -0.15) is 0 Å². The van der Waals surface area contributed by atoms with Crippen LogP contribution in [0.5, 0.6) is 5.75 Å². The van der Waals surface area contributed by atoms with Crippen molar-refractivity contribution in [2.75, 3.05) is 0 Å². The van der Waals surface area contributed by atoms with E-state index in [4.69, 9.17) is 0 Å². The highest BCUT2D eigenvalue weighted by molar-refractivity contribution is 9.10. The highest BCUT2D eigenvalue weighted by Gasteiger charge is 2.32. The maximum Gasteiger partial charge on any atom is 0.573 e. The summed E-state index contributed by atoms with van der Waals surface area (Å²) in [6, 6.07) is 12.3. The van der Waals surface area contributed by atoms with Gasteiger partial charge < -0.3 is 9.84 Å². The van der Waals surface area contributed by atoms with Crippen molar-refractivity contribution in [3.05, 3.63) is 64.1 Å². The SMILES string of the molecule is CC(O)(c1cccc(OC(F)(F)F)c1)c1ccccc1Br. The minimum absolute atomic E-state index is 0.302. The zero-order chi connectivity index (χ0) is 15.7. The fourth-order valence-corrected chi connectivity index (χ4v) is 2.68. The number of ether oxygens (including phenoxy) is 1. The number of benzene rings is 2. The van der Waals surface area contributed by atoms with E-state index in [2.05, 4.69) is 20.7 Å². The van der Waals surface area contributed by atoms with E-state index in [0.717, 1.165) is 0 Å². The van der Waals surface area contributed by atoms with Crippen LogP contribution >= 0.6 is 15.9 Å². The first-order valence-corrected chi connectivity index (χ1v) is 6.83. The Morgan fingerprint density at radius 1 is 1.05 bits per heavy atom. The number of rotatable bonds is 3. The van der Waals surface area contributed by atoms with Crippen LogP contribution < -0.4 is 4.74 Å².